The minimum Gasteiger partial charge on any atom is -0.478 e. The highest BCUT2D eigenvalue weighted by Crippen LogP contribution is 2.15. The molecule has 0 saturated carbocycles. The first-order valence-electron chi connectivity index (χ1n) is 4.48. The second-order valence-electron chi connectivity index (χ2n) is 3.14. The molecule has 1 rings (SSSR count). The number of rotatable bonds is 3. The van der Waals surface area contributed by atoms with Crippen LogP contribution in [0.25, 0.3) is 0 Å². The van der Waals surface area contributed by atoms with Gasteiger partial charge in [0.1, 0.15) is 0 Å². The van der Waals surface area contributed by atoms with Crippen molar-refractivity contribution in [1.29, 1.82) is 0 Å². The van der Waals surface area contributed by atoms with Gasteiger partial charge < -0.3 is 5.11 Å². The quantitative estimate of drug-likeness (QED) is 0.772. The fourth-order valence-electron chi connectivity index (χ4n) is 1.46. The summed E-state index contributed by atoms with van der Waals surface area (Å²) < 4.78 is 0. The molecule has 0 fully saturated rings. The standard InChI is InChI=1S/C11H14O2/c1-3-5-9-6-4-7-10(8(9)2)11(12)13/h4,6-7H,3,5H2,1-2H3,(H,12,13). The molecule has 0 aliphatic heterocycles. The van der Waals surface area contributed by atoms with E-state index in [9.17, 15) is 4.79 Å². The third kappa shape index (κ3) is 2.08. The molecule has 0 heterocycles. The Bertz CT molecular complexity index is 316. The molecule has 0 aliphatic rings. The van der Waals surface area contributed by atoms with Crippen LogP contribution in [-0.4, -0.2) is 11.1 Å². The smallest absolute Gasteiger partial charge is 0.335 e. The van der Waals surface area contributed by atoms with Gasteiger partial charge in [-0.3, -0.25) is 0 Å². The lowest BCUT2D eigenvalue weighted by Crippen LogP contribution is -2.02. The summed E-state index contributed by atoms with van der Waals surface area (Å²) in [5, 5.41) is 8.86. The monoisotopic (exact) mass is 178 g/mol. The zero-order valence-corrected chi connectivity index (χ0v) is 8.00. The van der Waals surface area contributed by atoms with Gasteiger partial charge in [-0.1, -0.05) is 25.5 Å². The van der Waals surface area contributed by atoms with E-state index in [2.05, 4.69) is 6.92 Å². The summed E-state index contributed by atoms with van der Waals surface area (Å²) in [5.74, 6) is -0.838. The lowest BCUT2D eigenvalue weighted by Gasteiger charge is -2.06. The molecule has 1 aromatic carbocycles. The molecule has 0 aliphatic carbocycles. The van der Waals surface area contributed by atoms with Gasteiger partial charge in [-0.05, 0) is 30.5 Å². The van der Waals surface area contributed by atoms with Crippen molar-refractivity contribution in [1.82, 2.24) is 0 Å². The largest absolute Gasteiger partial charge is 0.478 e. The average molecular weight is 178 g/mol. The van der Waals surface area contributed by atoms with E-state index in [0.717, 1.165) is 24.0 Å². The Morgan fingerprint density at radius 3 is 2.69 bits per heavy atom. The molecule has 0 bridgehead atoms. The predicted molar refractivity (Wildman–Crippen MR) is 52.1 cm³/mol. The van der Waals surface area contributed by atoms with Gasteiger partial charge in [0.2, 0.25) is 0 Å². The van der Waals surface area contributed by atoms with Crippen LogP contribution in [0.15, 0.2) is 18.2 Å². The highest BCUT2D eigenvalue weighted by molar-refractivity contribution is 5.89. The fourth-order valence-corrected chi connectivity index (χ4v) is 1.46. The number of benzene rings is 1. The van der Waals surface area contributed by atoms with Crippen molar-refractivity contribution >= 4 is 5.97 Å². The minimum atomic E-state index is -0.838. The maximum atomic E-state index is 10.8. The Morgan fingerprint density at radius 1 is 1.46 bits per heavy atom. The van der Waals surface area contributed by atoms with E-state index in [-0.39, 0.29) is 0 Å². The topological polar surface area (TPSA) is 37.3 Å². The van der Waals surface area contributed by atoms with E-state index in [1.165, 1.54) is 0 Å². The zero-order valence-electron chi connectivity index (χ0n) is 8.00. The van der Waals surface area contributed by atoms with Gasteiger partial charge in [0.25, 0.3) is 0 Å². The molecule has 0 spiro atoms. The van der Waals surface area contributed by atoms with Gasteiger partial charge in [0.05, 0.1) is 5.56 Å². The molecule has 0 aromatic heterocycles. The second-order valence-corrected chi connectivity index (χ2v) is 3.14. The number of aryl methyl sites for hydroxylation is 1. The maximum Gasteiger partial charge on any atom is 0.335 e. The summed E-state index contributed by atoms with van der Waals surface area (Å²) in [4.78, 5) is 10.8. The van der Waals surface area contributed by atoms with Crippen LogP contribution in [0, 0.1) is 6.92 Å². The number of hydrogen-bond acceptors (Lipinski definition) is 1. The van der Waals surface area contributed by atoms with Crippen LogP contribution >= 0.6 is 0 Å². The highest BCUT2D eigenvalue weighted by Gasteiger charge is 2.08. The first-order chi connectivity index (χ1) is 6.16. The van der Waals surface area contributed by atoms with Crippen LogP contribution < -0.4 is 0 Å². The van der Waals surface area contributed by atoms with Crippen molar-refractivity contribution < 1.29 is 9.90 Å². The highest BCUT2D eigenvalue weighted by atomic mass is 16.4. The van der Waals surface area contributed by atoms with Crippen molar-refractivity contribution in [3.8, 4) is 0 Å². The molecular formula is C11H14O2. The molecule has 2 nitrogen and oxygen atoms in total. The van der Waals surface area contributed by atoms with Crippen LogP contribution in [0.4, 0.5) is 0 Å². The van der Waals surface area contributed by atoms with E-state index in [0.29, 0.717) is 5.56 Å². The number of carbonyl (C=O) groups is 1. The molecule has 0 radical (unpaired) electrons. The van der Waals surface area contributed by atoms with E-state index in [4.69, 9.17) is 5.11 Å². The van der Waals surface area contributed by atoms with Crippen molar-refractivity contribution in [2.45, 2.75) is 26.7 Å². The van der Waals surface area contributed by atoms with Gasteiger partial charge in [0.15, 0.2) is 0 Å². The van der Waals surface area contributed by atoms with Crippen molar-refractivity contribution in [2.24, 2.45) is 0 Å². The third-order valence-corrected chi connectivity index (χ3v) is 2.20. The maximum absolute atomic E-state index is 10.8. The number of hydrogen-bond donors (Lipinski definition) is 1. The molecule has 0 unspecified atom stereocenters. The van der Waals surface area contributed by atoms with Gasteiger partial charge in [-0.15, -0.1) is 0 Å². The molecule has 70 valence electrons. The van der Waals surface area contributed by atoms with Crippen LogP contribution in [0.2, 0.25) is 0 Å². The first kappa shape index (κ1) is 9.78. The van der Waals surface area contributed by atoms with Crippen LogP contribution in [0.1, 0.15) is 34.8 Å². The van der Waals surface area contributed by atoms with E-state index in [1.54, 1.807) is 12.1 Å². The van der Waals surface area contributed by atoms with E-state index < -0.39 is 5.97 Å². The summed E-state index contributed by atoms with van der Waals surface area (Å²) in [6.45, 7) is 3.96. The Kier molecular flexibility index (Phi) is 3.07. The Morgan fingerprint density at radius 2 is 2.15 bits per heavy atom. The Labute approximate surface area is 78.2 Å². The van der Waals surface area contributed by atoms with Gasteiger partial charge >= 0.3 is 5.97 Å². The van der Waals surface area contributed by atoms with Crippen molar-refractivity contribution in [3.05, 3.63) is 34.9 Å². The SMILES string of the molecule is CCCc1cccc(C(=O)O)c1C. The zero-order chi connectivity index (χ0) is 9.84. The number of aromatic carboxylic acids is 1. The summed E-state index contributed by atoms with van der Waals surface area (Å²) >= 11 is 0. The summed E-state index contributed by atoms with van der Waals surface area (Å²) in [6, 6.07) is 5.45. The minimum absolute atomic E-state index is 0.422. The van der Waals surface area contributed by atoms with Gasteiger partial charge in [-0.2, -0.15) is 0 Å². The summed E-state index contributed by atoms with van der Waals surface area (Å²) in [6.07, 6.45) is 2.00. The fraction of sp³-hybridized carbons (Fsp3) is 0.364. The lowest BCUT2D eigenvalue weighted by molar-refractivity contribution is 0.0696. The Balaban J connectivity index is 3.10. The molecule has 2 heteroatoms. The molecule has 1 aromatic rings. The Hall–Kier alpha value is -1.31. The van der Waals surface area contributed by atoms with Crippen LogP contribution in [-0.2, 0) is 6.42 Å². The number of carboxylic acid groups (broad SMARTS) is 1. The summed E-state index contributed by atoms with van der Waals surface area (Å²) in [5.41, 5.74) is 2.46. The molecular weight excluding hydrogens is 164 g/mol. The average Bonchev–Trinajstić information content (AvgIpc) is 2.08. The van der Waals surface area contributed by atoms with Crippen LogP contribution in [0.5, 0.6) is 0 Å². The molecule has 0 amide bonds. The molecule has 0 saturated heterocycles. The van der Waals surface area contributed by atoms with Gasteiger partial charge in [-0.25, -0.2) is 4.79 Å². The predicted octanol–water partition coefficient (Wildman–Crippen LogP) is 2.65. The molecule has 1 N–H and O–H groups in total. The second kappa shape index (κ2) is 4.08. The van der Waals surface area contributed by atoms with Gasteiger partial charge in [0, 0.05) is 0 Å². The summed E-state index contributed by atoms with van der Waals surface area (Å²) in [7, 11) is 0. The van der Waals surface area contributed by atoms with Crippen molar-refractivity contribution in [3.63, 3.8) is 0 Å². The molecule has 0 atom stereocenters. The van der Waals surface area contributed by atoms with E-state index >= 15 is 0 Å². The van der Waals surface area contributed by atoms with Crippen molar-refractivity contribution in [2.75, 3.05) is 0 Å². The lowest BCUT2D eigenvalue weighted by atomic mass is 9.99. The number of carboxylic acids is 1. The molecule has 13 heavy (non-hydrogen) atoms. The van der Waals surface area contributed by atoms with Crippen LogP contribution in [0.3, 0.4) is 0 Å². The first-order valence-corrected chi connectivity index (χ1v) is 4.48. The van der Waals surface area contributed by atoms with E-state index in [1.807, 2.05) is 13.0 Å². The third-order valence-electron chi connectivity index (χ3n) is 2.20. The normalized spacial score (nSPS) is 10.0.